The van der Waals surface area contributed by atoms with Gasteiger partial charge in [0.1, 0.15) is 29.3 Å². The summed E-state index contributed by atoms with van der Waals surface area (Å²) in [7, 11) is 0. The molecule has 2 aromatic carbocycles. The molecule has 1 aromatic heterocycles. The summed E-state index contributed by atoms with van der Waals surface area (Å²) in [4.78, 5) is 4.18. The third-order valence-electron chi connectivity index (χ3n) is 4.67. The Morgan fingerprint density at radius 1 is 0.794 bits per heavy atom. The molecule has 0 aliphatic carbocycles. The number of pyridine rings is 1. The minimum Gasteiger partial charge on any atom is -0.412 e. The van der Waals surface area contributed by atoms with Crippen LogP contribution in [-0.2, 0) is 0 Å². The molecule has 3 aromatic rings. The summed E-state index contributed by atoms with van der Waals surface area (Å²) >= 11 is 1.99. The zero-order chi connectivity index (χ0) is 21.7. The van der Waals surface area contributed by atoms with Crippen molar-refractivity contribution in [2.75, 3.05) is 0 Å². The molecule has 0 atom stereocenters. The fourth-order valence-electron chi connectivity index (χ4n) is 2.75. The van der Waals surface area contributed by atoms with E-state index in [9.17, 15) is 8.78 Å². The van der Waals surface area contributed by atoms with Crippen molar-refractivity contribution in [3.63, 3.8) is 0 Å². The van der Waals surface area contributed by atoms with Crippen molar-refractivity contribution in [1.82, 2.24) is 4.98 Å². The summed E-state index contributed by atoms with van der Waals surface area (Å²) in [6.45, 7) is 7.42. The Bertz CT molecular complexity index is 1160. The van der Waals surface area contributed by atoms with Gasteiger partial charge in [0, 0.05) is 15.3 Å². The largest absolute Gasteiger partial charge is 0.412 e. The molecule has 0 aliphatic rings. The van der Waals surface area contributed by atoms with E-state index in [2.05, 4.69) is 4.98 Å². The number of rotatable bonds is 1. The smallest absolute Gasteiger partial charge is 0.142 e. The van der Waals surface area contributed by atoms with Gasteiger partial charge in [-0.1, -0.05) is 13.5 Å². The van der Waals surface area contributed by atoms with Gasteiger partial charge in [-0.25, -0.2) is 8.78 Å². The van der Waals surface area contributed by atoms with Gasteiger partial charge in [0.2, 0.25) is 0 Å². The Kier molecular flexibility index (Phi) is 18.7. The van der Waals surface area contributed by atoms with Crippen LogP contribution in [0.3, 0.4) is 0 Å². The van der Waals surface area contributed by atoms with Gasteiger partial charge >= 0.3 is 0 Å². The van der Waals surface area contributed by atoms with Crippen LogP contribution in [0.4, 0.5) is 8.78 Å². The molecule has 0 aliphatic heterocycles. The second kappa shape index (κ2) is 16.6. The van der Waals surface area contributed by atoms with Gasteiger partial charge in [-0.3, -0.25) is 4.98 Å². The van der Waals surface area contributed by atoms with Crippen molar-refractivity contribution in [3.8, 4) is 23.4 Å². The Morgan fingerprint density at radius 3 is 1.71 bits per heavy atom. The summed E-state index contributed by atoms with van der Waals surface area (Å²) in [5.74, 6) is -0.916. The highest BCUT2D eigenvalue weighted by Crippen LogP contribution is 2.29. The number of aryl methyl sites for hydroxylation is 2. The lowest BCUT2D eigenvalue weighted by atomic mass is 9.95. The molecule has 0 spiro atoms. The number of nitriles is 2. The fraction of sp³-hybridized carbons (Fsp3) is 0.208. The first-order valence-electron chi connectivity index (χ1n) is 8.69. The Balaban J connectivity index is -0.000000241. The van der Waals surface area contributed by atoms with Crippen molar-refractivity contribution < 1.29 is 30.7 Å². The zero-order valence-electron chi connectivity index (χ0n) is 18.4. The van der Waals surface area contributed by atoms with Crippen molar-refractivity contribution in [2.24, 2.45) is 0 Å². The van der Waals surface area contributed by atoms with Crippen LogP contribution in [-0.4, -0.2) is 26.9 Å². The van der Waals surface area contributed by atoms with Gasteiger partial charge in [-0.2, -0.15) is 10.5 Å². The topological polar surface area (TPSA) is 186 Å². The molecular weight excluding hydrogens is 559 g/mol. The summed E-state index contributed by atoms with van der Waals surface area (Å²) in [6.07, 6.45) is 1.64. The molecule has 186 valence electrons. The van der Waals surface area contributed by atoms with Crippen LogP contribution in [0.2, 0.25) is 0 Å². The van der Waals surface area contributed by atoms with Crippen LogP contribution < -0.4 is 0 Å². The lowest BCUT2D eigenvalue weighted by Gasteiger charge is -2.11. The molecule has 3 rings (SSSR count). The zero-order valence-corrected chi connectivity index (χ0v) is 20.6. The maximum absolute atomic E-state index is 13.7. The monoisotopic (exact) mass is 589 g/mol. The number of nitrogens with zero attached hydrogens (tertiary/aromatic N) is 3. The van der Waals surface area contributed by atoms with E-state index >= 15 is 0 Å². The van der Waals surface area contributed by atoms with Crippen LogP contribution in [0.5, 0.6) is 0 Å². The minimum atomic E-state index is -0.490. The summed E-state index contributed by atoms with van der Waals surface area (Å²) in [5, 5.41) is 17.7. The summed E-state index contributed by atoms with van der Waals surface area (Å²) < 4.78 is 27.5. The highest BCUT2D eigenvalue weighted by Gasteiger charge is 2.16. The minimum absolute atomic E-state index is 0. The first kappa shape index (κ1) is 38.3. The highest BCUT2D eigenvalue weighted by atomic mass is 127. The molecule has 0 saturated carbocycles. The van der Waals surface area contributed by atoms with E-state index in [0.717, 1.165) is 22.3 Å². The van der Waals surface area contributed by atoms with Gasteiger partial charge in [-0.15, -0.1) is 0 Å². The molecule has 0 radical (unpaired) electrons. The molecular formula is C24H30F2IN3O4. The van der Waals surface area contributed by atoms with Crippen molar-refractivity contribution in [1.29, 1.82) is 10.5 Å². The molecule has 0 bridgehead atoms. The van der Waals surface area contributed by atoms with Crippen LogP contribution >= 0.6 is 22.6 Å². The van der Waals surface area contributed by atoms with Crippen LogP contribution in [0, 0.1) is 65.6 Å². The van der Waals surface area contributed by atoms with E-state index in [0.29, 0.717) is 14.8 Å². The first-order chi connectivity index (χ1) is 13.7. The van der Waals surface area contributed by atoms with E-state index in [-0.39, 0.29) is 40.5 Å². The molecule has 1 heterocycles. The molecule has 0 fully saturated rings. The lowest BCUT2D eigenvalue weighted by molar-refractivity contribution is 0.620. The van der Waals surface area contributed by atoms with Crippen molar-refractivity contribution >= 4 is 22.6 Å². The summed E-state index contributed by atoms with van der Waals surface area (Å²) in [6, 6.07) is 11.9. The average Bonchev–Trinajstić information content (AvgIpc) is 2.70. The van der Waals surface area contributed by atoms with Gasteiger partial charge < -0.3 is 21.9 Å². The standard InChI is InChI=1S/C14H11FN2.C9H7FIN.CH4.4H2O/c1-9-7-12(15)11(8-16)14(10(9)2)13-5-3-4-6-17-13;1-5-3-8(10)7(4-12)9(11)6(5)2;;;;;/h3-7H,1-2H3;3H,1-2H3;1H4;4*1H2. The van der Waals surface area contributed by atoms with E-state index in [1.807, 2.05) is 68.5 Å². The number of hydrogen-bond acceptors (Lipinski definition) is 3. The number of aromatic nitrogens is 1. The van der Waals surface area contributed by atoms with E-state index in [4.69, 9.17) is 10.5 Å². The van der Waals surface area contributed by atoms with Gasteiger partial charge in [0.05, 0.1) is 11.3 Å². The molecule has 0 unspecified atom stereocenters. The molecule has 34 heavy (non-hydrogen) atoms. The second-order valence-corrected chi connectivity index (χ2v) is 7.56. The number of halogens is 3. The van der Waals surface area contributed by atoms with Crippen LogP contribution in [0.1, 0.15) is 40.8 Å². The Labute approximate surface area is 212 Å². The Morgan fingerprint density at radius 2 is 1.26 bits per heavy atom. The number of benzene rings is 2. The first-order valence-corrected chi connectivity index (χ1v) is 9.77. The molecule has 10 heteroatoms. The SMILES string of the molecule is C.Cc1cc(F)c(C#N)c(-c2ccccn2)c1C.Cc1cc(F)c(C#N)c(I)c1C.O.O.O.O. The van der Waals surface area contributed by atoms with E-state index in [1.165, 1.54) is 12.1 Å². The number of hydrogen-bond donors (Lipinski definition) is 0. The van der Waals surface area contributed by atoms with Crippen LogP contribution in [0.15, 0.2) is 36.5 Å². The van der Waals surface area contributed by atoms with Crippen molar-refractivity contribution in [2.45, 2.75) is 35.1 Å². The maximum atomic E-state index is 13.7. The summed E-state index contributed by atoms with van der Waals surface area (Å²) in [5.41, 5.74) is 5.01. The van der Waals surface area contributed by atoms with Crippen molar-refractivity contribution in [3.05, 3.63) is 85.1 Å². The van der Waals surface area contributed by atoms with Crippen LogP contribution in [0.25, 0.3) is 11.3 Å². The average molecular weight is 589 g/mol. The molecule has 0 amide bonds. The van der Waals surface area contributed by atoms with Gasteiger partial charge in [0.15, 0.2) is 0 Å². The third-order valence-corrected chi connectivity index (χ3v) is 6.01. The lowest BCUT2D eigenvalue weighted by Crippen LogP contribution is -1.97. The molecule has 0 saturated heterocycles. The third kappa shape index (κ3) is 8.09. The van der Waals surface area contributed by atoms with E-state index < -0.39 is 11.6 Å². The molecule has 7 nitrogen and oxygen atoms in total. The fourth-order valence-corrected chi connectivity index (χ4v) is 3.56. The van der Waals surface area contributed by atoms with Gasteiger partial charge in [-0.05, 0) is 96.8 Å². The quantitative estimate of drug-likeness (QED) is 0.393. The highest BCUT2D eigenvalue weighted by molar-refractivity contribution is 14.1. The Hall–Kier alpha value is -3.00. The predicted octanol–water partition coefficient (Wildman–Crippen LogP) is 3.63. The van der Waals surface area contributed by atoms with E-state index in [1.54, 1.807) is 18.3 Å². The second-order valence-electron chi connectivity index (χ2n) is 6.48. The van der Waals surface area contributed by atoms with Gasteiger partial charge in [0.25, 0.3) is 0 Å². The molecule has 8 N–H and O–H groups in total. The normalized spacial score (nSPS) is 8.38. The predicted molar refractivity (Wildman–Crippen MR) is 138 cm³/mol. The maximum Gasteiger partial charge on any atom is 0.142 e.